The van der Waals surface area contributed by atoms with Gasteiger partial charge in [0.25, 0.3) is 11.8 Å². The Balaban J connectivity index is 1.80. The molecule has 3 N–H and O–H groups in total. The quantitative estimate of drug-likeness (QED) is 0.754. The predicted octanol–water partition coefficient (Wildman–Crippen LogP) is 2.86. The number of hydrogen-bond acceptors (Lipinski definition) is 4. The first-order valence-electron chi connectivity index (χ1n) is 7.35. The monoisotopic (exact) mass is 324 g/mol. The maximum atomic E-state index is 12.5. The molecule has 2 aromatic carbocycles. The SMILES string of the molecule is Cc1c(C(=O)Nc2cccc(OCC(N)=O)c2)oc2ccccc12. The number of nitrogens with one attached hydrogen (secondary N) is 1. The molecule has 0 atom stereocenters. The molecule has 6 heteroatoms. The maximum Gasteiger partial charge on any atom is 0.291 e. The number of hydrogen-bond donors (Lipinski definition) is 2. The number of rotatable bonds is 5. The molecule has 0 fully saturated rings. The first-order valence-corrected chi connectivity index (χ1v) is 7.35. The summed E-state index contributed by atoms with van der Waals surface area (Å²) in [4.78, 5) is 23.2. The van der Waals surface area contributed by atoms with Crippen LogP contribution in [0.4, 0.5) is 5.69 Å². The molecule has 3 rings (SSSR count). The average Bonchev–Trinajstić information content (AvgIpc) is 2.91. The van der Waals surface area contributed by atoms with Gasteiger partial charge in [-0.15, -0.1) is 0 Å². The minimum Gasteiger partial charge on any atom is -0.484 e. The zero-order valence-corrected chi connectivity index (χ0v) is 13.0. The van der Waals surface area contributed by atoms with Crippen molar-refractivity contribution in [3.8, 4) is 5.75 Å². The number of anilines is 1. The molecule has 0 unspecified atom stereocenters. The van der Waals surface area contributed by atoms with Crippen molar-refractivity contribution in [2.75, 3.05) is 11.9 Å². The summed E-state index contributed by atoms with van der Waals surface area (Å²) in [5.41, 5.74) is 7.02. The molecule has 0 aliphatic carbocycles. The van der Waals surface area contributed by atoms with Crippen LogP contribution in [0.5, 0.6) is 5.75 Å². The van der Waals surface area contributed by atoms with Crippen molar-refractivity contribution >= 4 is 28.5 Å². The van der Waals surface area contributed by atoms with E-state index in [4.69, 9.17) is 14.9 Å². The molecule has 0 saturated carbocycles. The van der Waals surface area contributed by atoms with Gasteiger partial charge in [-0.1, -0.05) is 24.3 Å². The summed E-state index contributed by atoms with van der Waals surface area (Å²) in [7, 11) is 0. The van der Waals surface area contributed by atoms with Crippen LogP contribution in [0, 0.1) is 6.92 Å². The number of fused-ring (bicyclic) bond motifs is 1. The Morgan fingerprint density at radius 1 is 1.17 bits per heavy atom. The Hall–Kier alpha value is -3.28. The van der Waals surface area contributed by atoms with Crippen LogP contribution in [-0.2, 0) is 4.79 Å². The number of ether oxygens (including phenoxy) is 1. The lowest BCUT2D eigenvalue weighted by Gasteiger charge is -2.07. The van der Waals surface area contributed by atoms with E-state index in [-0.39, 0.29) is 18.3 Å². The van der Waals surface area contributed by atoms with Crippen molar-refractivity contribution in [2.24, 2.45) is 5.73 Å². The molecular formula is C18H16N2O4. The Morgan fingerprint density at radius 3 is 2.71 bits per heavy atom. The van der Waals surface area contributed by atoms with Crippen molar-refractivity contribution in [3.05, 3.63) is 59.9 Å². The van der Waals surface area contributed by atoms with Gasteiger partial charge in [0, 0.05) is 22.7 Å². The molecule has 0 saturated heterocycles. The zero-order chi connectivity index (χ0) is 17.1. The number of carbonyl (C=O) groups excluding carboxylic acids is 2. The number of carbonyl (C=O) groups is 2. The molecule has 3 aromatic rings. The number of primary amides is 1. The van der Waals surface area contributed by atoms with Crippen LogP contribution in [0.3, 0.4) is 0 Å². The average molecular weight is 324 g/mol. The molecule has 1 heterocycles. The van der Waals surface area contributed by atoms with Crippen molar-refractivity contribution in [1.82, 2.24) is 0 Å². The molecule has 1 aromatic heterocycles. The summed E-state index contributed by atoms with van der Waals surface area (Å²) in [6, 6.07) is 14.2. The van der Waals surface area contributed by atoms with Gasteiger partial charge in [0.15, 0.2) is 12.4 Å². The number of amides is 2. The number of nitrogens with two attached hydrogens (primary N) is 1. The number of benzene rings is 2. The zero-order valence-electron chi connectivity index (χ0n) is 13.0. The van der Waals surface area contributed by atoms with Crippen molar-refractivity contribution in [1.29, 1.82) is 0 Å². The van der Waals surface area contributed by atoms with E-state index in [2.05, 4.69) is 5.32 Å². The largest absolute Gasteiger partial charge is 0.484 e. The minimum atomic E-state index is -0.567. The second-order valence-electron chi connectivity index (χ2n) is 5.29. The normalized spacial score (nSPS) is 10.5. The summed E-state index contributed by atoms with van der Waals surface area (Å²) < 4.78 is 10.9. The lowest BCUT2D eigenvalue weighted by Crippen LogP contribution is -2.20. The van der Waals surface area contributed by atoms with Gasteiger partial charge in [-0.2, -0.15) is 0 Å². The van der Waals surface area contributed by atoms with Gasteiger partial charge in [0.2, 0.25) is 0 Å². The van der Waals surface area contributed by atoms with Crippen LogP contribution >= 0.6 is 0 Å². The molecule has 0 aliphatic rings. The van der Waals surface area contributed by atoms with E-state index >= 15 is 0 Å². The van der Waals surface area contributed by atoms with Gasteiger partial charge in [0.05, 0.1) is 0 Å². The van der Waals surface area contributed by atoms with Gasteiger partial charge in [-0.3, -0.25) is 9.59 Å². The minimum absolute atomic E-state index is 0.222. The molecule has 0 spiro atoms. The Bertz CT molecular complexity index is 914. The first kappa shape index (κ1) is 15.6. The molecule has 6 nitrogen and oxygen atoms in total. The predicted molar refractivity (Wildman–Crippen MR) is 90.0 cm³/mol. The van der Waals surface area contributed by atoms with Crippen molar-refractivity contribution < 1.29 is 18.7 Å². The molecule has 0 radical (unpaired) electrons. The van der Waals surface area contributed by atoms with Gasteiger partial charge in [-0.25, -0.2) is 0 Å². The molecule has 0 aliphatic heterocycles. The second-order valence-corrected chi connectivity index (χ2v) is 5.29. The smallest absolute Gasteiger partial charge is 0.291 e. The lowest BCUT2D eigenvalue weighted by atomic mass is 10.1. The Labute approximate surface area is 138 Å². The second kappa shape index (κ2) is 6.45. The fourth-order valence-corrected chi connectivity index (χ4v) is 2.40. The summed E-state index contributed by atoms with van der Waals surface area (Å²) in [5, 5.41) is 3.66. The van der Waals surface area contributed by atoms with Crippen LogP contribution in [0.1, 0.15) is 16.1 Å². The number of para-hydroxylation sites is 1. The van der Waals surface area contributed by atoms with Crippen LogP contribution in [-0.4, -0.2) is 18.4 Å². The summed E-state index contributed by atoms with van der Waals surface area (Å²) in [6.45, 7) is 1.62. The highest BCUT2D eigenvalue weighted by atomic mass is 16.5. The highest BCUT2D eigenvalue weighted by Crippen LogP contribution is 2.26. The van der Waals surface area contributed by atoms with E-state index in [1.54, 1.807) is 24.3 Å². The first-order chi connectivity index (χ1) is 11.5. The highest BCUT2D eigenvalue weighted by molar-refractivity contribution is 6.06. The van der Waals surface area contributed by atoms with Crippen LogP contribution in [0.25, 0.3) is 11.0 Å². The molecule has 2 amide bonds. The number of furan rings is 1. The van der Waals surface area contributed by atoms with Gasteiger partial charge in [0.1, 0.15) is 11.3 Å². The summed E-state index contributed by atoms with van der Waals surface area (Å²) in [5.74, 6) is -0.217. The molecule has 122 valence electrons. The van der Waals surface area contributed by atoms with E-state index in [9.17, 15) is 9.59 Å². The standard InChI is InChI=1S/C18H16N2O4/c1-11-14-7-2-3-8-15(14)24-17(11)18(22)20-12-5-4-6-13(9-12)23-10-16(19)21/h2-9H,10H2,1H3,(H2,19,21)(H,20,22). The maximum absolute atomic E-state index is 12.5. The highest BCUT2D eigenvalue weighted by Gasteiger charge is 2.17. The van der Waals surface area contributed by atoms with Gasteiger partial charge in [-0.05, 0) is 25.1 Å². The van der Waals surface area contributed by atoms with E-state index in [0.717, 1.165) is 10.9 Å². The van der Waals surface area contributed by atoms with E-state index in [0.29, 0.717) is 17.0 Å². The van der Waals surface area contributed by atoms with Gasteiger partial charge < -0.3 is 20.2 Å². The molecular weight excluding hydrogens is 308 g/mol. The van der Waals surface area contributed by atoms with Crippen LogP contribution in [0.2, 0.25) is 0 Å². The van der Waals surface area contributed by atoms with Crippen molar-refractivity contribution in [3.63, 3.8) is 0 Å². The summed E-state index contributed by atoms with van der Waals surface area (Å²) in [6.07, 6.45) is 0. The van der Waals surface area contributed by atoms with E-state index in [1.807, 2.05) is 31.2 Å². The van der Waals surface area contributed by atoms with Crippen molar-refractivity contribution in [2.45, 2.75) is 6.92 Å². The Kier molecular flexibility index (Phi) is 4.20. The molecule has 24 heavy (non-hydrogen) atoms. The molecule has 0 bridgehead atoms. The third kappa shape index (κ3) is 3.22. The summed E-state index contributed by atoms with van der Waals surface area (Å²) >= 11 is 0. The third-order valence-corrected chi connectivity index (χ3v) is 3.52. The van der Waals surface area contributed by atoms with Gasteiger partial charge >= 0.3 is 0 Å². The fourth-order valence-electron chi connectivity index (χ4n) is 2.40. The van der Waals surface area contributed by atoms with E-state index in [1.165, 1.54) is 0 Å². The van der Waals surface area contributed by atoms with Crippen LogP contribution < -0.4 is 15.8 Å². The van der Waals surface area contributed by atoms with E-state index < -0.39 is 5.91 Å². The number of aryl methyl sites for hydroxylation is 1. The third-order valence-electron chi connectivity index (χ3n) is 3.52. The topological polar surface area (TPSA) is 94.6 Å². The Morgan fingerprint density at radius 2 is 1.96 bits per heavy atom. The lowest BCUT2D eigenvalue weighted by molar-refractivity contribution is -0.119. The fraction of sp³-hybridized carbons (Fsp3) is 0.111. The van der Waals surface area contributed by atoms with Crippen LogP contribution in [0.15, 0.2) is 52.9 Å².